The molecule has 1 amide bonds. The molecule has 1 heterocycles. The van der Waals surface area contributed by atoms with Crippen LogP contribution in [0, 0.1) is 0 Å². The van der Waals surface area contributed by atoms with Crippen molar-refractivity contribution < 1.29 is 4.79 Å². The van der Waals surface area contributed by atoms with Gasteiger partial charge in [-0.1, -0.05) is 35.9 Å². The van der Waals surface area contributed by atoms with Crippen LogP contribution >= 0.6 is 34.7 Å². The minimum absolute atomic E-state index is 0.120. The van der Waals surface area contributed by atoms with E-state index in [4.69, 9.17) is 11.6 Å². The molecule has 1 N–H and O–H groups in total. The van der Waals surface area contributed by atoms with Gasteiger partial charge in [0.25, 0.3) is 0 Å². The highest BCUT2D eigenvalue weighted by Gasteiger charge is 2.21. The first-order valence-electron chi connectivity index (χ1n) is 7.41. The van der Waals surface area contributed by atoms with Crippen molar-refractivity contribution in [3.05, 3.63) is 56.7 Å². The van der Waals surface area contributed by atoms with Crippen LogP contribution in [0.2, 0.25) is 4.34 Å². The van der Waals surface area contributed by atoms with Crippen molar-refractivity contribution in [3.8, 4) is 0 Å². The first kappa shape index (κ1) is 15.9. The lowest BCUT2D eigenvalue weighted by Crippen LogP contribution is -2.32. The van der Waals surface area contributed by atoms with Gasteiger partial charge in [0.2, 0.25) is 5.91 Å². The van der Waals surface area contributed by atoms with Gasteiger partial charge in [0.15, 0.2) is 0 Å². The lowest BCUT2D eigenvalue weighted by molar-refractivity contribution is -0.119. The number of thioether (sulfide) groups is 1. The summed E-state index contributed by atoms with van der Waals surface area (Å²) < 4.78 is 0.805. The molecule has 1 unspecified atom stereocenters. The molecule has 0 bridgehead atoms. The van der Waals surface area contributed by atoms with Crippen LogP contribution in [0.4, 0.5) is 0 Å². The van der Waals surface area contributed by atoms with Crippen LogP contribution in [0.15, 0.2) is 36.4 Å². The van der Waals surface area contributed by atoms with E-state index in [1.54, 1.807) is 23.1 Å². The first-order valence-corrected chi connectivity index (χ1v) is 9.76. The van der Waals surface area contributed by atoms with Gasteiger partial charge in [0.05, 0.1) is 16.1 Å². The third-order valence-corrected chi connectivity index (χ3v) is 6.21. The Balaban J connectivity index is 1.50. The summed E-state index contributed by atoms with van der Waals surface area (Å²) in [7, 11) is 0. The van der Waals surface area contributed by atoms with Gasteiger partial charge in [0, 0.05) is 10.6 Å². The molecule has 1 aliphatic rings. The zero-order valence-electron chi connectivity index (χ0n) is 12.2. The summed E-state index contributed by atoms with van der Waals surface area (Å²) in [5.74, 6) is 1.45. The predicted octanol–water partition coefficient (Wildman–Crippen LogP) is 4.83. The Hall–Kier alpha value is -0.970. The first-order chi connectivity index (χ1) is 10.7. The van der Waals surface area contributed by atoms with E-state index in [-0.39, 0.29) is 11.9 Å². The number of fused-ring (bicyclic) bond motifs is 1. The normalized spacial score (nSPS) is 17.0. The zero-order valence-corrected chi connectivity index (χ0v) is 14.6. The van der Waals surface area contributed by atoms with Crippen molar-refractivity contribution in [2.24, 2.45) is 0 Å². The van der Waals surface area contributed by atoms with Gasteiger partial charge in [0.1, 0.15) is 0 Å². The van der Waals surface area contributed by atoms with Gasteiger partial charge in [-0.25, -0.2) is 0 Å². The maximum Gasteiger partial charge on any atom is 0.230 e. The second kappa shape index (κ2) is 7.53. The molecule has 1 aromatic carbocycles. The lowest BCUT2D eigenvalue weighted by atomic mass is 9.88. The van der Waals surface area contributed by atoms with E-state index >= 15 is 0 Å². The highest BCUT2D eigenvalue weighted by molar-refractivity contribution is 7.99. The Morgan fingerprint density at radius 2 is 2.18 bits per heavy atom. The molecule has 5 heteroatoms. The lowest BCUT2D eigenvalue weighted by Gasteiger charge is -2.26. The number of thiophene rings is 1. The average Bonchev–Trinajstić information content (AvgIpc) is 2.93. The van der Waals surface area contributed by atoms with Gasteiger partial charge in [-0.3, -0.25) is 4.79 Å². The molecule has 0 aliphatic heterocycles. The summed E-state index contributed by atoms with van der Waals surface area (Å²) >= 11 is 9.12. The summed E-state index contributed by atoms with van der Waals surface area (Å²) in [6.45, 7) is 0. The maximum atomic E-state index is 12.2. The minimum atomic E-state index is 0.120. The molecule has 0 radical (unpaired) electrons. The van der Waals surface area contributed by atoms with Gasteiger partial charge >= 0.3 is 0 Å². The fraction of sp³-hybridized carbons (Fsp3) is 0.353. The third-order valence-electron chi connectivity index (χ3n) is 3.81. The third kappa shape index (κ3) is 4.06. The smallest absolute Gasteiger partial charge is 0.230 e. The number of halogens is 1. The Kier molecular flexibility index (Phi) is 5.45. The summed E-state index contributed by atoms with van der Waals surface area (Å²) in [5.41, 5.74) is 2.66. The number of nitrogens with one attached hydrogen (secondary N) is 1. The van der Waals surface area contributed by atoms with Gasteiger partial charge < -0.3 is 5.32 Å². The monoisotopic (exact) mass is 351 g/mol. The van der Waals surface area contributed by atoms with Crippen LogP contribution in [0.1, 0.15) is 34.9 Å². The number of hydrogen-bond donors (Lipinski definition) is 1. The molecule has 0 fully saturated rings. The van der Waals surface area contributed by atoms with E-state index in [1.807, 2.05) is 12.1 Å². The number of amides is 1. The van der Waals surface area contributed by atoms with Crippen molar-refractivity contribution >= 4 is 40.6 Å². The molecule has 3 rings (SSSR count). The molecule has 0 spiro atoms. The predicted molar refractivity (Wildman–Crippen MR) is 95.8 cm³/mol. The van der Waals surface area contributed by atoms with Crippen molar-refractivity contribution in [2.45, 2.75) is 31.1 Å². The van der Waals surface area contributed by atoms with Crippen LogP contribution in [-0.4, -0.2) is 11.7 Å². The minimum Gasteiger partial charge on any atom is -0.349 e. The Bertz CT molecular complexity index is 656. The Morgan fingerprint density at radius 1 is 1.32 bits per heavy atom. The number of rotatable bonds is 5. The fourth-order valence-electron chi connectivity index (χ4n) is 2.81. The summed E-state index contributed by atoms with van der Waals surface area (Å²) in [5, 5.41) is 3.18. The van der Waals surface area contributed by atoms with Crippen molar-refractivity contribution in [1.29, 1.82) is 0 Å². The van der Waals surface area contributed by atoms with E-state index in [2.05, 4.69) is 29.6 Å². The molecule has 116 valence electrons. The number of aryl methyl sites for hydroxylation is 1. The molecule has 1 atom stereocenters. The highest BCUT2D eigenvalue weighted by Crippen LogP contribution is 2.29. The van der Waals surface area contributed by atoms with Crippen LogP contribution in [-0.2, 0) is 17.0 Å². The molecular weight excluding hydrogens is 334 g/mol. The standard InChI is InChI=1S/C17H18ClNOS2/c18-16-9-8-13(22-16)10-21-11-17(20)19-15-7-3-5-12-4-1-2-6-14(12)15/h1-2,4,6,8-9,15H,3,5,7,10-11H2,(H,19,20). The molecule has 1 aromatic heterocycles. The SMILES string of the molecule is O=C(CSCc1ccc(Cl)s1)NC1CCCc2ccccc21. The second-order valence-corrected chi connectivity index (χ2v) is 8.19. The van der Waals surface area contributed by atoms with Gasteiger partial charge in [-0.15, -0.1) is 23.1 Å². The molecule has 22 heavy (non-hydrogen) atoms. The quantitative estimate of drug-likeness (QED) is 0.836. The largest absolute Gasteiger partial charge is 0.349 e. The number of carbonyl (C=O) groups is 1. The molecular formula is C17H18ClNOS2. The van der Waals surface area contributed by atoms with Crippen LogP contribution < -0.4 is 5.32 Å². The summed E-state index contributed by atoms with van der Waals surface area (Å²) in [6, 6.07) is 12.5. The van der Waals surface area contributed by atoms with Crippen molar-refractivity contribution in [2.75, 3.05) is 5.75 Å². The van der Waals surface area contributed by atoms with Gasteiger partial charge in [-0.2, -0.15) is 0 Å². The second-order valence-electron chi connectivity index (χ2n) is 5.41. The fourth-order valence-corrected chi connectivity index (χ4v) is 4.85. The topological polar surface area (TPSA) is 29.1 Å². The number of carbonyl (C=O) groups excluding carboxylic acids is 1. The molecule has 2 nitrogen and oxygen atoms in total. The maximum absolute atomic E-state index is 12.2. The van der Waals surface area contributed by atoms with Crippen molar-refractivity contribution in [3.63, 3.8) is 0 Å². The molecule has 0 saturated carbocycles. The highest BCUT2D eigenvalue weighted by atomic mass is 35.5. The van der Waals surface area contributed by atoms with Crippen LogP contribution in [0.25, 0.3) is 0 Å². The zero-order chi connectivity index (χ0) is 15.4. The van der Waals surface area contributed by atoms with E-state index in [9.17, 15) is 4.79 Å². The van der Waals surface area contributed by atoms with Gasteiger partial charge in [-0.05, 0) is 42.5 Å². The van der Waals surface area contributed by atoms with E-state index < -0.39 is 0 Å². The summed E-state index contributed by atoms with van der Waals surface area (Å²) in [4.78, 5) is 13.4. The Morgan fingerprint density at radius 3 is 3.00 bits per heavy atom. The van der Waals surface area contributed by atoms with E-state index in [0.29, 0.717) is 5.75 Å². The van der Waals surface area contributed by atoms with Crippen LogP contribution in [0.3, 0.4) is 0 Å². The molecule has 0 saturated heterocycles. The molecule has 2 aromatic rings. The Labute approximate surface area is 144 Å². The number of benzene rings is 1. The van der Waals surface area contributed by atoms with E-state index in [1.165, 1.54) is 16.0 Å². The van der Waals surface area contributed by atoms with E-state index in [0.717, 1.165) is 29.4 Å². The molecule has 1 aliphatic carbocycles. The van der Waals surface area contributed by atoms with Crippen molar-refractivity contribution in [1.82, 2.24) is 5.32 Å². The number of hydrogen-bond acceptors (Lipinski definition) is 3. The average molecular weight is 352 g/mol. The summed E-state index contributed by atoms with van der Waals surface area (Å²) in [6.07, 6.45) is 3.30. The van der Waals surface area contributed by atoms with Crippen LogP contribution in [0.5, 0.6) is 0 Å².